The van der Waals surface area contributed by atoms with Crippen molar-refractivity contribution in [3.63, 3.8) is 0 Å². The molecule has 0 unspecified atom stereocenters. The Morgan fingerprint density at radius 2 is 2.00 bits per heavy atom. The quantitative estimate of drug-likeness (QED) is 0.478. The highest BCUT2D eigenvalue weighted by molar-refractivity contribution is 7.11. The lowest BCUT2D eigenvalue weighted by molar-refractivity contribution is -0.384. The van der Waals surface area contributed by atoms with Crippen LogP contribution >= 0.6 is 11.3 Å². The first kappa shape index (κ1) is 11.3. The van der Waals surface area contributed by atoms with Crippen LogP contribution < -0.4 is 0 Å². The van der Waals surface area contributed by atoms with E-state index in [0.717, 1.165) is 11.3 Å². The van der Waals surface area contributed by atoms with Gasteiger partial charge in [-0.15, -0.1) is 11.3 Å². The first-order chi connectivity index (χ1) is 8.08. The minimum absolute atomic E-state index is 0.0363. The third-order valence-corrected chi connectivity index (χ3v) is 2.86. The van der Waals surface area contributed by atoms with Crippen molar-refractivity contribution in [2.75, 3.05) is 0 Å². The minimum Gasteiger partial charge on any atom is -0.258 e. The lowest BCUT2D eigenvalue weighted by Crippen LogP contribution is -1.89. The van der Waals surface area contributed by atoms with Crippen molar-refractivity contribution in [3.05, 3.63) is 44.8 Å². The smallest absolute Gasteiger partial charge is 0.258 e. The Kier molecular flexibility index (Phi) is 2.92. The molecule has 1 aromatic heterocycles. The van der Waals surface area contributed by atoms with E-state index in [2.05, 4.69) is 4.98 Å². The third-order valence-electron chi connectivity index (χ3n) is 2.05. The summed E-state index contributed by atoms with van der Waals surface area (Å²) in [5.41, 5.74) is 0.982. The van der Waals surface area contributed by atoms with Crippen LogP contribution in [0.2, 0.25) is 0 Å². The maximum absolute atomic E-state index is 12.4. The number of nitro benzene ring substituents is 1. The molecular weight excluding hydrogens is 247 g/mol. The molecular formula is C10H5FN2O3S. The third kappa shape index (κ3) is 2.34. The lowest BCUT2D eigenvalue weighted by Gasteiger charge is -1.95. The van der Waals surface area contributed by atoms with Crippen LogP contribution in [0.5, 0.6) is 0 Å². The molecule has 0 aliphatic carbocycles. The molecule has 2 aromatic rings. The number of aromatic nitrogens is 1. The van der Waals surface area contributed by atoms with Crippen LogP contribution in [0.4, 0.5) is 10.1 Å². The number of non-ortho nitro benzene ring substituents is 1. The number of hydrogen-bond donors (Lipinski definition) is 0. The standard InChI is InChI=1S/C10H5FN2O3S/c11-9(14)10-12-8(5-17-10)6-1-3-7(4-2-6)13(15)16/h1-5H. The average Bonchev–Trinajstić information content (AvgIpc) is 2.78. The molecule has 0 saturated heterocycles. The van der Waals surface area contributed by atoms with Gasteiger partial charge in [0, 0.05) is 23.1 Å². The Morgan fingerprint density at radius 1 is 1.35 bits per heavy atom. The molecule has 0 aliphatic heterocycles. The first-order valence-electron chi connectivity index (χ1n) is 4.48. The molecule has 0 amide bonds. The molecule has 2 rings (SSSR count). The predicted molar refractivity (Wildman–Crippen MR) is 59.6 cm³/mol. The Bertz CT molecular complexity index is 579. The summed E-state index contributed by atoms with van der Waals surface area (Å²) in [6.45, 7) is 0. The SMILES string of the molecule is O=C(F)c1nc(-c2ccc([N+](=O)[O-])cc2)cs1. The van der Waals surface area contributed by atoms with E-state index < -0.39 is 11.0 Å². The Morgan fingerprint density at radius 3 is 2.47 bits per heavy atom. The minimum atomic E-state index is -1.58. The molecule has 86 valence electrons. The molecule has 0 atom stereocenters. The van der Waals surface area contributed by atoms with Crippen LogP contribution in [0.3, 0.4) is 0 Å². The second-order valence-corrected chi connectivity index (χ2v) is 3.97. The Hall–Kier alpha value is -2.15. The van der Waals surface area contributed by atoms with Crippen molar-refractivity contribution in [1.82, 2.24) is 4.98 Å². The number of thiazole rings is 1. The number of nitro groups is 1. The van der Waals surface area contributed by atoms with E-state index in [1.165, 1.54) is 29.6 Å². The van der Waals surface area contributed by atoms with Gasteiger partial charge in [-0.05, 0) is 12.1 Å². The number of benzene rings is 1. The van der Waals surface area contributed by atoms with Gasteiger partial charge in [0.05, 0.1) is 10.6 Å². The monoisotopic (exact) mass is 252 g/mol. The summed E-state index contributed by atoms with van der Waals surface area (Å²) in [5.74, 6) is 0. The van der Waals surface area contributed by atoms with Crippen LogP contribution in [-0.2, 0) is 0 Å². The fourth-order valence-electron chi connectivity index (χ4n) is 1.25. The summed E-state index contributed by atoms with van der Waals surface area (Å²) in [4.78, 5) is 24.1. The second-order valence-electron chi connectivity index (χ2n) is 3.12. The fraction of sp³-hybridized carbons (Fsp3) is 0. The number of carbonyl (C=O) groups is 1. The van der Waals surface area contributed by atoms with E-state index >= 15 is 0 Å². The molecule has 0 aliphatic rings. The number of carbonyl (C=O) groups excluding carboxylic acids is 1. The van der Waals surface area contributed by atoms with Crippen molar-refractivity contribution >= 4 is 23.1 Å². The Labute approximate surface area is 98.7 Å². The van der Waals surface area contributed by atoms with E-state index in [-0.39, 0.29) is 10.7 Å². The zero-order chi connectivity index (χ0) is 12.4. The summed E-state index contributed by atoms with van der Waals surface area (Å²) < 4.78 is 12.4. The van der Waals surface area contributed by atoms with Gasteiger partial charge >= 0.3 is 6.04 Å². The zero-order valence-electron chi connectivity index (χ0n) is 8.29. The molecule has 17 heavy (non-hydrogen) atoms. The van der Waals surface area contributed by atoms with Gasteiger partial charge in [0.25, 0.3) is 5.69 Å². The van der Waals surface area contributed by atoms with Crippen LogP contribution in [0.15, 0.2) is 29.6 Å². The summed E-state index contributed by atoms with van der Waals surface area (Å²) in [6, 6.07) is 4.07. The van der Waals surface area contributed by atoms with Gasteiger partial charge in [-0.25, -0.2) is 4.98 Å². The predicted octanol–water partition coefficient (Wildman–Crippen LogP) is 2.83. The van der Waals surface area contributed by atoms with Crippen molar-refractivity contribution in [2.45, 2.75) is 0 Å². The molecule has 0 fully saturated rings. The fourth-order valence-corrected chi connectivity index (χ4v) is 1.91. The lowest BCUT2D eigenvalue weighted by atomic mass is 10.1. The van der Waals surface area contributed by atoms with Gasteiger partial charge in [0.15, 0.2) is 5.01 Å². The van der Waals surface area contributed by atoms with Crippen LogP contribution in [0.1, 0.15) is 9.80 Å². The highest BCUT2D eigenvalue weighted by Crippen LogP contribution is 2.24. The molecule has 7 heteroatoms. The first-order valence-corrected chi connectivity index (χ1v) is 5.36. The van der Waals surface area contributed by atoms with Crippen molar-refractivity contribution < 1.29 is 14.1 Å². The highest BCUT2D eigenvalue weighted by Gasteiger charge is 2.12. The molecule has 1 heterocycles. The van der Waals surface area contributed by atoms with E-state index in [1.807, 2.05) is 0 Å². The number of rotatable bonds is 3. The number of halogens is 1. The number of hydrogen-bond acceptors (Lipinski definition) is 5. The largest absolute Gasteiger partial charge is 0.360 e. The van der Waals surface area contributed by atoms with Gasteiger partial charge in [0.1, 0.15) is 0 Å². The normalized spacial score (nSPS) is 10.2. The topological polar surface area (TPSA) is 73.1 Å². The molecule has 0 radical (unpaired) electrons. The molecule has 1 aromatic carbocycles. The van der Waals surface area contributed by atoms with Gasteiger partial charge in [-0.2, -0.15) is 4.39 Å². The average molecular weight is 252 g/mol. The van der Waals surface area contributed by atoms with E-state index in [1.54, 1.807) is 0 Å². The summed E-state index contributed by atoms with van der Waals surface area (Å²) in [5, 5.41) is 11.7. The summed E-state index contributed by atoms with van der Waals surface area (Å²) in [6.07, 6.45) is 0. The molecule has 0 saturated carbocycles. The van der Waals surface area contributed by atoms with Gasteiger partial charge in [-0.3, -0.25) is 14.9 Å². The molecule has 5 nitrogen and oxygen atoms in total. The summed E-state index contributed by atoms with van der Waals surface area (Å²) >= 11 is 0.893. The van der Waals surface area contributed by atoms with E-state index in [4.69, 9.17) is 0 Å². The zero-order valence-corrected chi connectivity index (χ0v) is 9.11. The highest BCUT2D eigenvalue weighted by atomic mass is 32.1. The maximum atomic E-state index is 12.4. The Balaban J connectivity index is 2.33. The van der Waals surface area contributed by atoms with Crippen LogP contribution in [-0.4, -0.2) is 15.9 Å². The van der Waals surface area contributed by atoms with Crippen molar-refractivity contribution in [1.29, 1.82) is 0 Å². The van der Waals surface area contributed by atoms with Gasteiger partial charge in [0.2, 0.25) is 0 Å². The van der Waals surface area contributed by atoms with Gasteiger partial charge < -0.3 is 0 Å². The van der Waals surface area contributed by atoms with Crippen LogP contribution in [0, 0.1) is 10.1 Å². The molecule has 0 N–H and O–H groups in total. The molecule has 0 spiro atoms. The molecule has 0 bridgehead atoms. The number of nitrogens with zero attached hydrogens (tertiary/aromatic N) is 2. The van der Waals surface area contributed by atoms with E-state index in [0.29, 0.717) is 11.3 Å². The van der Waals surface area contributed by atoms with E-state index in [9.17, 15) is 19.3 Å². The summed E-state index contributed by atoms with van der Waals surface area (Å²) in [7, 11) is 0. The van der Waals surface area contributed by atoms with Gasteiger partial charge in [-0.1, -0.05) is 0 Å². The van der Waals surface area contributed by atoms with Crippen molar-refractivity contribution in [3.8, 4) is 11.3 Å². The van der Waals surface area contributed by atoms with Crippen molar-refractivity contribution in [2.24, 2.45) is 0 Å². The maximum Gasteiger partial charge on any atom is 0.360 e. The van der Waals surface area contributed by atoms with Crippen LogP contribution in [0.25, 0.3) is 11.3 Å². The second kappa shape index (κ2) is 4.38.